The Morgan fingerprint density at radius 1 is 1.29 bits per heavy atom. The first-order valence-corrected chi connectivity index (χ1v) is 8.16. The quantitative estimate of drug-likeness (QED) is 0.452. The van der Waals surface area contributed by atoms with Crippen LogP contribution in [0.1, 0.15) is 11.6 Å². The lowest BCUT2D eigenvalue weighted by molar-refractivity contribution is 0.419. The SMILES string of the molecule is Cc1nc2c3ccccc3nc(SCc3cc(=O)c(O)co3)n2n1. The van der Waals surface area contributed by atoms with Gasteiger partial charge >= 0.3 is 0 Å². The molecule has 4 rings (SSSR count). The highest BCUT2D eigenvalue weighted by molar-refractivity contribution is 7.98. The second-order valence-electron chi connectivity index (χ2n) is 5.19. The zero-order chi connectivity index (χ0) is 16.7. The highest BCUT2D eigenvalue weighted by Gasteiger charge is 2.13. The molecule has 1 aromatic carbocycles. The first-order chi connectivity index (χ1) is 11.6. The van der Waals surface area contributed by atoms with Crippen LogP contribution in [-0.2, 0) is 5.75 Å². The molecule has 0 aliphatic rings. The summed E-state index contributed by atoms with van der Waals surface area (Å²) < 4.78 is 6.92. The van der Waals surface area contributed by atoms with E-state index in [4.69, 9.17) is 4.42 Å². The number of hydrogen-bond donors (Lipinski definition) is 1. The molecule has 0 saturated heterocycles. The average molecular weight is 340 g/mol. The number of aryl methyl sites for hydroxylation is 1. The molecule has 7 nitrogen and oxygen atoms in total. The Labute approximate surface area is 140 Å². The Balaban J connectivity index is 1.77. The first kappa shape index (κ1) is 14.7. The summed E-state index contributed by atoms with van der Waals surface area (Å²) in [5.74, 6) is 1.09. The Morgan fingerprint density at radius 3 is 2.96 bits per heavy atom. The standard InChI is InChI=1S/C16H12N4O3S/c1-9-17-15-11-4-2-3-5-12(11)18-16(20(15)19-9)24-8-10-6-13(21)14(22)7-23-10/h2-7,22H,8H2,1H3. The van der Waals surface area contributed by atoms with Crippen LogP contribution in [-0.4, -0.2) is 24.7 Å². The van der Waals surface area contributed by atoms with Gasteiger partial charge in [0.1, 0.15) is 17.8 Å². The van der Waals surface area contributed by atoms with Crippen LogP contribution in [0.5, 0.6) is 5.75 Å². The summed E-state index contributed by atoms with van der Waals surface area (Å²) in [6, 6.07) is 9.00. The number of benzene rings is 1. The molecule has 120 valence electrons. The molecular weight excluding hydrogens is 328 g/mol. The van der Waals surface area contributed by atoms with E-state index in [1.807, 2.05) is 31.2 Å². The van der Waals surface area contributed by atoms with Gasteiger partial charge in [-0.1, -0.05) is 23.9 Å². The highest BCUT2D eigenvalue weighted by Crippen LogP contribution is 2.26. The minimum atomic E-state index is -0.468. The number of fused-ring (bicyclic) bond motifs is 3. The molecule has 1 N–H and O–H groups in total. The molecule has 0 bridgehead atoms. The van der Waals surface area contributed by atoms with Gasteiger partial charge in [-0.05, 0) is 19.1 Å². The number of rotatable bonds is 3. The van der Waals surface area contributed by atoms with Gasteiger partial charge in [-0.3, -0.25) is 4.79 Å². The maximum absolute atomic E-state index is 11.5. The van der Waals surface area contributed by atoms with E-state index in [1.165, 1.54) is 17.8 Å². The average Bonchev–Trinajstić information content (AvgIpc) is 2.97. The molecule has 3 heterocycles. The van der Waals surface area contributed by atoms with Crippen LogP contribution in [0.25, 0.3) is 16.6 Å². The third-order valence-corrected chi connectivity index (χ3v) is 4.42. The van der Waals surface area contributed by atoms with Crippen LogP contribution in [0.15, 0.2) is 51.0 Å². The van der Waals surface area contributed by atoms with Gasteiger partial charge in [-0.25, -0.2) is 9.97 Å². The summed E-state index contributed by atoms with van der Waals surface area (Å²) in [5.41, 5.74) is 1.10. The fraction of sp³-hybridized carbons (Fsp3) is 0.125. The van der Waals surface area contributed by atoms with Gasteiger partial charge in [0.25, 0.3) is 0 Å². The Hall–Kier alpha value is -2.87. The van der Waals surface area contributed by atoms with Crippen molar-refractivity contribution in [2.24, 2.45) is 0 Å². The largest absolute Gasteiger partial charge is 0.502 e. The van der Waals surface area contributed by atoms with Crippen LogP contribution in [0, 0.1) is 6.92 Å². The zero-order valence-corrected chi connectivity index (χ0v) is 13.4. The molecule has 0 amide bonds. The van der Waals surface area contributed by atoms with E-state index in [2.05, 4.69) is 15.1 Å². The van der Waals surface area contributed by atoms with Crippen molar-refractivity contribution in [2.75, 3.05) is 0 Å². The molecule has 24 heavy (non-hydrogen) atoms. The predicted molar refractivity (Wildman–Crippen MR) is 89.2 cm³/mol. The normalized spacial score (nSPS) is 11.4. The fourth-order valence-corrected chi connectivity index (χ4v) is 3.22. The predicted octanol–water partition coefficient (Wildman–Crippen LogP) is 2.54. The number of aromatic hydroxyl groups is 1. The van der Waals surface area contributed by atoms with Crippen LogP contribution < -0.4 is 5.43 Å². The zero-order valence-electron chi connectivity index (χ0n) is 12.6. The lowest BCUT2D eigenvalue weighted by Gasteiger charge is -2.05. The van der Waals surface area contributed by atoms with Gasteiger partial charge in [0.15, 0.2) is 16.6 Å². The number of para-hydroxylation sites is 1. The highest BCUT2D eigenvalue weighted by atomic mass is 32.2. The maximum Gasteiger partial charge on any atom is 0.226 e. The molecule has 0 atom stereocenters. The Morgan fingerprint density at radius 2 is 2.12 bits per heavy atom. The Bertz CT molecular complexity index is 1120. The van der Waals surface area contributed by atoms with E-state index in [9.17, 15) is 9.90 Å². The molecule has 0 spiro atoms. The van der Waals surface area contributed by atoms with Crippen molar-refractivity contribution in [3.8, 4) is 5.75 Å². The third-order valence-electron chi connectivity index (χ3n) is 3.47. The molecule has 0 unspecified atom stereocenters. The van der Waals surface area contributed by atoms with E-state index in [0.717, 1.165) is 22.8 Å². The summed E-state index contributed by atoms with van der Waals surface area (Å²) in [7, 11) is 0. The molecular formula is C16H12N4O3S. The molecule has 0 aliphatic heterocycles. The number of thioether (sulfide) groups is 1. The number of aromatic nitrogens is 4. The molecule has 0 radical (unpaired) electrons. The summed E-state index contributed by atoms with van der Waals surface area (Å²) >= 11 is 1.38. The summed E-state index contributed by atoms with van der Waals surface area (Å²) in [4.78, 5) is 20.6. The van der Waals surface area contributed by atoms with E-state index >= 15 is 0 Å². The van der Waals surface area contributed by atoms with Gasteiger partial charge in [0.05, 0.1) is 11.3 Å². The van der Waals surface area contributed by atoms with Gasteiger partial charge in [-0.2, -0.15) is 4.52 Å². The smallest absolute Gasteiger partial charge is 0.226 e. The molecule has 8 heteroatoms. The van der Waals surface area contributed by atoms with Gasteiger partial charge < -0.3 is 9.52 Å². The summed E-state index contributed by atoms with van der Waals surface area (Å²) in [6.45, 7) is 1.83. The van der Waals surface area contributed by atoms with Crippen LogP contribution in [0.2, 0.25) is 0 Å². The minimum Gasteiger partial charge on any atom is -0.502 e. The first-order valence-electron chi connectivity index (χ1n) is 7.17. The second-order valence-corrected chi connectivity index (χ2v) is 6.13. The van der Waals surface area contributed by atoms with Gasteiger partial charge in [0, 0.05) is 11.5 Å². The fourth-order valence-electron chi connectivity index (χ4n) is 2.38. The van der Waals surface area contributed by atoms with Crippen molar-refractivity contribution in [1.82, 2.24) is 19.6 Å². The molecule has 0 aliphatic carbocycles. The Kier molecular flexibility index (Phi) is 3.46. The van der Waals surface area contributed by atoms with Crippen LogP contribution in [0.3, 0.4) is 0 Å². The lowest BCUT2D eigenvalue weighted by atomic mass is 10.2. The van der Waals surface area contributed by atoms with Crippen LogP contribution in [0.4, 0.5) is 0 Å². The van der Waals surface area contributed by atoms with E-state index < -0.39 is 11.2 Å². The van der Waals surface area contributed by atoms with Crippen molar-refractivity contribution in [3.05, 3.63) is 58.4 Å². The van der Waals surface area contributed by atoms with Crippen molar-refractivity contribution in [1.29, 1.82) is 0 Å². The molecule has 0 fully saturated rings. The monoisotopic (exact) mass is 340 g/mol. The lowest BCUT2D eigenvalue weighted by Crippen LogP contribution is -2.01. The van der Waals surface area contributed by atoms with Crippen molar-refractivity contribution in [3.63, 3.8) is 0 Å². The summed E-state index contributed by atoms with van der Waals surface area (Å²) in [5, 5.41) is 15.2. The topological polar surface area (TPSA) is 93.5 Å². The van der Waals surface area contributed by atoms with E-state index in [1.54, 1.807) is 4.52 Å². The van der Waals surface area contributed by atoms with Crippen LogP contribution >= 0.6 is 11.8 Å². The van der Waals surface area contributed by atoms with Gasteiger partial charge in [-0.15, -0.1) is 5.10 Å². The second kappa shape index (κ2) is 5.64. The van der Waals surface area contributed by atoms with Gasteiger partial charge in [0.2, 0.25) is 5.43 Å². The molecule has 3 aromatic heterocycles. The third kappa shape index (κ3) is 2.50. The van der Waals surface area contributed by atoms with E-state index in [-0.39, 0.29) is 0 Å². The van der Waals surface area contributed by atoms with E-state index in [0.29, 0.717) is 22.5 Å². The minimum absolute atomic E-state index is 0.384. The van der Waals surface area contributed by atoms with Crippen molar-refractivity contribution in [2.45, 2.75) is 17.8 Å². The molecule has 0 saturated carbocycles. The van der Waals surface area contributed by atoms with Crippen molar-refractivity contribution >= 4 is 28.3 Å². The number of hydrogen-bond acceptors (Lipinski definition) is 7. The molecule has 4 aromatic rings. The number of nitrogens with zero attached hydrogens (tertiary/aromatic N) is 4. The maximum atomic E-state index is 11.5. The summed E-state index contributed by atoms with van der Waals surface area (Å²) in [6.07, 6.45) is 1.04. The van der Waals surface area contributed by atoms with Crippen molar-refractivity contribution < 1.29 is 9.52 Å².